The van der Waals surface area contributed by atoms with Crippen molar-refractivity contribution in [3.8, 4) is 0 Å². The molecule has 3 aromatic heterocycles. The molecule has 306 valence electrons. The summed E-state index contributed by atoms with van der Waals surface area (Å²) in [6.07, 6.45) is 21.0. The van der Waals surface area contributed by atoms with E-state index in [0.717, 1.165) is 181 Å². The Labute approximate surface area is 348 Å². The van der Waals surface area contributed by atoms with Gasteiger partial charge in [0.15, 0.2) is 0 Å². The first kappa shape index (κ1) is 40.9. The molecule has 0 saturated carbocycles. The van der Waals surface area contributed by atoms with E-state index in [-0.39, 0.29) is 34.3 Å². The molecule has 0 spiro atoms. The quantitative estimate of drug-likeness (QED) is 0.0295. The highest BCUT2D eigenvalue weighted by molar-refractivity contribution is 7.74. The molecule has 8 rings (SSSR count). The van der Waals surface area contributed by atoms with E-state index >= 15 is 0 Å². The summed E-state index contributed by atoms with van der Waals surface area (Å²) < 4.78 is 5.21. The Morgan fingerprint density at radius 3 is 1.47 bits per heavy atom. The van der Waals surface area contributed by atoms with Crippen molar-refractivity contribution >= 4 is 94.7 Å². The van der Waals surface area contributed by atoms with Crippen molar-refractivity contribution < 1.29 is 0 Å². The zero-order valence-corrected chi connectivity index (χ0v) is 36.7. The van der Waals surface area contributed by atoms with Crippen molar-refractivity contribution in [1.82, 2.24) is 9.13 Å². The molecule has 0 radical (unpaired) electrons. The monoisotopic (exact) mass is 816 g/mol. The van der Waals surface area contributed by atoms with Gasteiger partial charge in [0, 0.05) is 27.6 Å². The van der Waals surface area contributed by atoms with E-state index in [0.29, 0.717) is 21.5 Å². The summed E-state index contributed by atoms with van der Waals surface area (Å²) in [6.45, 7) is 8.84. The molecule has 5 aromatic carbocycles. The van der Waals surface area contributed by atoms with Gasteiger partial charge in [-0.05, 0) is 70.1 Å². The number of nitrogens with zero attached hydrogens (tertiary/aromatic N) is 2. The third-order valence-corrected chi connectivity index (χ3v) is 15.8. The van der Waals surface area contributed by atoms with Gasteiger partial charge in [0.25, 0.3) is 22.2 Å². The van der Waals surface area contributed by atoms with E-state index in [4.69, 9.17) is 0 Å². The molecule has 8 aromatic rings. The molecule has 0 unspecified atom stereocenters. The molecule has 8 heteroatoms. The molecular formula is C50H60N2O4S2. The molecule has 3 heterocycles. The summed E-state index contributed by atoms with van der Waals surface area (Å²) in [5.41, 5.74) is -0.660. The Morgan fingerprint density at radius 2 is 0.897 bits per heavy atom. The van der Waals surface area contributed by atoms with Crippen LogP contribution in [0, 0.1) is 0 Å². The summed E-state index contributed by atoms with van der Waals surface area (Å²) in [6, 6.07) is 12.0. The molecule has 0 aliphatic carbocycles. The van der Waals surface area contributed by atoms with E-state index < -0.39 is 0 Å². The predicted octanol–water partition coefficient (Wildman–Crippen LogP) is 14.2. The van der Waals surface area contributed by atoms with E-state index in [1.807, 2.05) is 18.2 Å². The topological polar surface area (TPSA) is 78.1 Å². The van der Waals surface area contributed by atoms with Gasteiger partial charge in [-0.3, -0.25) is 28.3 Å². The number of fused-ring (bicyclic) bond motifs is 6. The fourth-order valence-corrected chi connectivity index (χ4v) is 13.0. The van der Waals surface area contributed by atoms with Gasteiger partial charge in [0.1, 0.15) is 0 Å². The predicted molar refractivity (Wildman–Crippen MR) is 252 cm³/mol. The van der Waals surface area contributed by atoms with Crippen LogP contribution >= 0.6 is 20.7 Å². The van der Waals surface area contributed by atoms with Crippen LogP contribution in [-0.4, -0.2) is 9.13 Å². The average Bonchev–Trinajstić information content (AvgIpc) is 3.65. The van der Waals surface area contributed by atoms with Crippen LogP contribution in [0.3, 0.4) is 0 Å². The first-order valence-electron chi connectivity index (χ1n) is 22.7. The molecular weight excluding hydrogens is 757 g/mol. The van der Waals surface area contributed by atoms with Gasteiger partial charge in [-0.25, -0.2) is 0 Å². The second kappa shape index (κ2) is 17.8. The fraction of sp³-hybridized carbons (Fsp3) is 0.520. The van der Waals surface area contributed by atoms with Crippen molar-refractivity contribution in [1.29, 1.82) is 0 Å². The minimum Gasteiger partial charge on any atom is -0.271 e. The first-order chi connectivity index (χ1) is 28.4. The Kier molecular flexibility index (Phi) is 12.5. The molecule has 6 nitrogen and oxygen atoms in total. The number of unbranched alkanes of at least 4 members (excludes halogenated alkanes) is 12. The Morgan fingerprint density at radius 1 is 0.414 bits per heavy atom. The van der Waals surface area contributed by atoms with Crippen LogP contribution in [0.4, 0.5) is 0 Å². The number of hydrogen-bond acceptors (Lipinski definition) is 6. The molecule has 0 aliphatic heterocycles. The van der Waals surface area contributed by atoms with Crippen LogP contribution in [0.2, 0.25) is 0 Å². The van der Waals surface area contributed by atoms with Gasteiger partial charge in [0.05, 0.1) is 26.2 Å². The van der Waals surface area contributed by atoms with Crippen LogP contribution < -0.4 is 22.2 Å². The largest absolute Gasteiger partial charge is 0.271 e. The maximum Gasteiger partial charge on any atom is 0.263 e. The van der Waals surface area contributed by atoms with Gasteiger partial charge in [0.2, 0.25) is 0 Å². The average molecular weight is 817 g/mol. The van der Waals surface area contributed by atoms with E-state index in [1.165, 1.54) is 0 Å². The molecule has 0 N–H and O–H groups in total. The van der Waals surface area contributed by atoms with E-state index in [9.17, 15) is 19.2 Å². The summed E-state index contributed by atoms with van der Waals surface area (Å²) >= 11 is 0. The Balaban J connectivity index is 1.38. The van der Waals surface area contributed by atoms with Crippen LogP contribution in [-0.2, 0) is 0 Å². The Bertz CT molecular complexity index is 2890. The minimum atomic E-state index is -0.176. The highest BCUT2D eigenvalue weighted by atomic mass is 32.9. The van der Waals surface area contributed by atoms with Crippen LogP contribution in [0.5, 0.6) is 0 Å². The lowest BCUT2D eigenvalue weighted by atomic mass is 9.87. The zero-order valence-electron chi connectivity index (χ0n) is 35.1. The third-order valence-electron chi connectivity index (χ3n) is 13.3. The number of aromatic nitrogens is 2. The fourth-order valence-electron chi connectivity index (χ4n) is 10.4. The van der Waals surface area contributed by atoms with E-state index in [1.54, 1.807) is 29.8 Å². The summed E-state index contributed by atoms with van der Waals surface area (Å²) in [5.74, 6) is 0. The number of rotatable bonds is 22. The second-order valence-electron chi connectivity index (χ2n) is 17.2. The van der Waals surface area contributed by atoms with Gasteiger partial charge in [-0.1, -0.05) is 175 Å². The zero-order chi connectivity index (χ0) is 40.5. The summed E-state index contributed by atoms with van der Waals surface area (Å²) in [4.78, 5) is 59.1. The minimum absolute atomic E-state index is 0.119. The molecule has 58 heavy (non-hydrogen) atoms. The highest BCUT2D eigenvalue weighted by Gasteiger charge is 2.30. The molecule has 0 atom stereocenters. The maximum atomic E-state index is 14.9. The molecule has 0 saturated heterocycles. The molecule has 0 aliphatic rings. The second-order valence-corrected chi connectivity index (χ2v) is 19.4. The maximum absolute atomic E-state index is 14.9. The number of hydrogen-bond donors (Lipinski definition) is 0. The normalized spacial score (nSPS) is 12.7. The lowest BCUT2D eigenvalue weighted by Crippen LogP contribution is -2.30. The number of benzene rings is 5. The highest BCUT2D eigenvalue weighted by Crippen LogP contribution is 2.50. The van der Waals surface area contributed by atoms with Gasteiger partial charge in [-0.15, -0.1) is 0 Å². The van der Waals surface area contributed by atoms with Gasteiger partial charge < -0.3 is 0 Å². The van der Waals surface area contributed by atoms with Crippen LogP contribution in [0.15, 0.2) is 55.6 Å². The van der Waals surface area contributed by atoms with Crippen LogP contribution in [0.1, 0.15) is 168 Å². The van der Waals surface area contributed by atoms with Crippen molar-refractivity contribution in [3.05, 3.63) is 77.8 Å². The summed E-state index contributed by atoms with van der Waals surface area (Å²) in [5, 5.41) is 9.62. The van der Waals surface area contributed by atoms with Crippen molar-refractivity contribution in [3.63, 3.8) is 0 Å². The van der Waals surface area contributed by atoms with Gasteiger partial charge in [-0.2, -0.15) is 0 Å². The summed E-state index contributed by atoms with van der Waals surface area (Å²) in [7, 11) is 3.22. The standard InChI is InChI=1S/C50H60N2O4S2/c1-5-9-13-17-22-31(23-18-14-10-6-2)51-47(53)37-30-36-33-26-21-27-34-39(33)44-43-38(29-28-35(40(36)43)41(37)48(51)54)57-58-46(44)45-42(34)49(55)52(50(45)56)32(24-19-15-11-7-3)25-20-16-12-8-4/h21,26-32H,5-20,22-25H2,1-4H3. The smallest absolute Gasteiger partial charge is 0.263 e. The molecule has 0 bridgehead atoms. The van der Waals surface area contributed by atoms with Crippen molar-refractivity contribution in [2.45, 2.75) is 168 Å². The SMILES string of the molecule is CCCCCCC(CCCCCC)n1c(=O)c2cc3c4cccc5c6c(=O)n(C(CCCCCC)CCCCCC)c(=O)c6c6ssc7ccc(c2c1=O)c3c7c6c45. The first-order valence-corrected chi connectivity index (χ1v) is 24.9. The molecule has 0 fully saturated rings. The lowest BCUT2D eigenvalue weighted by molar-refractivity contribution is 0.386. The Hall–Kier alpha value is -3.88. The lowest BCUT2D eigenvalue weighted by Gasteiger charge is -2.18. The molecule has 0 amide bonds. The van der Waals surface area contributed by atoms with Crippen LogP contribution in [0.25, 0.3) is 74.0 Å². The van der Waals surface area contributed by atoms with Gasteiger partial charge >= 0.3 is 0 Å². The van der Waals surface area contributed by atoms with Crippen molar-refractivity contribution in [2.75, 3.05) is 0 Å². The van der Waals surface area contributed by atoms with E-state index in [2.05, 4.69) is 45.9 Å². The van der Waals surface area contributed by atoms with Crippen molar-refractivity contribution in [2.24, 2.45) is 0 Å². The third kappa shape index (κ3) is 6.94.